The fourth-order valence-corrected chi connectivity index (χ4v) is 1.98. The highest BCUT2D eigenvalue weighted by atomic mass is 16.4. The van der Waals surface area contributed by atoms with E-state index in [1.807, 2.05) is 18.2 Å². The second-order valence-corrected chi connectivity index (χ2v) is 5.33. The van der Waals surface area contributed by atoms with Gasteiger partial charge in [-0.25, -0.2) is 9.59 Å². The molecule has 2 aromatic rings. The summed E-state index contributed by atoms with van der Waals surface area (Å²) in [6.07, 6.45) is 0. The largest absolute Gasteiger partial charge is 0.478 e. The second kappa shape index (κ2) is 6.83. The normalized spacial score (nSPS) is 11.1. The maximum atomic E-state index is 11.1. The van der Waals surface area contributed by atoms with Crippen LogP contribution in [0.1, 0.15) is 46.0 Å². The van der Waals surface area contributed by atoms with E-state index in [1.54, 1.807) is 6.07 Å². The van der Waals surface area contributed by atoms with Gasteiger partial charge in [-0.05, 0) is 41.8 Å². The standard InChI is InChI=1S/C17H16N2O4/c1-10(2)11-4-3-5-14(7-11)18-19-15-8-12(16(20)21)6-13(9-15)17(22)23/h3-10H,1-2H3,(H,20,21)(H,22,23). The summed E-state index contributed by atoms with van der Waals surface area (Å²) in [5.74, 6) is -2.09. The summed E-state index contributed by atoms with van der Waals surface area (Å²) in [5, 5.41) is 26.1. The number of rotatable bonds is 5. The third-order valence-corrected chi connectivity index (χ3v) is 3.23. The zero-order chi connectivity index (χ0) is 17.0. The number of carboxylic acid groups (broad SMARTS) is 2. The molecule has 0 atom stereocenters. The molecule has 0 aromatic heterocycles. The molecule has 2 aromatic carbocycles. The summed E-state index contributed by atoms with van der Waals surface area (Å²) < 4.78 is 0. The number of aromatic carboxylic acids is 2. The minimum atomic E-state index is -1.22. The molecule has 6 nitrogen and oxygen atoms in total. The van der Waals surface area contributed by atoms with Crippen LogP contribution in [0.15, 0.2) is 52.7 Å². The summed E-state index contributed by atoms with van der Waals surface area (Å²) >= 11 is 0. The van der Waals surface area contributed by atoms with Gasteiger partial charge in [0.25, 0.3) is 0 Å². The molecule has 0 amide bonds. The molecule has 0 aliphatic rings. The van der Waals surface area contributed by atoms with Crippen LogP contribution in [0.2, 0.25) is 0 Å². The highest BCUT2D eigenvalue weighted by Gasteiger charge is 2.11. The van der Waals surface area contributed by atoms with Crippen LogP contribution in [-0.4, -0.2) is 22.2 Å². The molecule has 0 fully saturated rings. The molecule has 0 bridgehead atoms. The van der Waals surface area contributed by atoms with Crippen molar-refractivity contribution >= 4 is 23.3 Å². The van der Waals surface area contributed by atoms with Crippen LogP contribution in [0.5, 0.6) is 0 Å². The van der Waals surface area contributed by atoms with E-state index in [0.717, 1.165) is 11.6 Å². The van der Waals surface area contributed by atoms with Gasteiger partial charge in [0.15, 0.2) is 0 Å². The van der Waals surface area contributed by atoms with Crippen molar-refractivity contribution in [1.82, 2.24) is 0 Å². The lowest BCUT2D eigenvalue weighted by Crippen LogP contribution is -2.01. The zero-order valence-corrected chi connectivity index (χ0v) is 12.7. The van der Waals surface area contributed by atoms with E-state index < -0.39 is 11.9 Å². The molecule has 0 aliphatic carbocycles. The number of carbonyl (C=O) groups is 2. The van der Waals surface area contributed by atoms with Gasteiger partial charge in [0, 0.05) is 0 Å². The summed E-state index contributed by atoms with van der Waals surface area (Å²) in [6.45, 7) is 4.12. The van der Waals surface area contributed by atoms with Gasteiger partial charge in [0.2, 0.25) is 0 Å². The molecule has 6 heteroatoms. The average Bonchev–Trinajstić information content (AvgIpc) is 2.52. The third kappa shape index (κ3) is 4.23. The molecule has 0 aliphatic heterocycles. The average molecular weight is 312 g/mol. The Hall–Kier alpha value is -3.02. The number of benzene rings is 2. The lowest BCUT2D eigenvalue weighted by molar-refractivity contribution is 0.0696. The first-order valence-electron chi connectivity index (χ1n) is 7.00. The van der Waals surface area contributed by atoms with Crippen LogP contribution in [0.4, 0.5) is 11.4 Å². The SMILES string of the molecule is CC(C)c1cccc(N=Nc2cc(C(=O)O)cc(C(=O)O)c2)c1. The molecule has 2 N–H and O–H groups in total. The molecule has 118 valence electrons. The highest BCUT2D eigenvalue weighted by Crippen LogP contribution is 2.24. The molecular weight excluding hydrogens is 296 g/mol. The van der Waals surface area contributed by atoms with E-state index in [4.69, 9.17) is 10.2 Å². The van der Waals surface area contributed by atoms with Gasteiger partial charge in [0.1, 0.15) is 0 Å². The van der Waals surface area contributed by atoms with Gasteiger partial charge in [-0.2, -0.15) is 10.2 Å². The number of carboxylic acids is 2. The molecule has 0 heterocycles. The fourth-order valence-electron chi connectivity index (χ4n) is 1.98. The Morgan fingerprint density at radius 2 is 1.43 bits per heavy atom. The maximum Gasteiger partial charge on any atom is 0.335 e. The van der Waals surface area contributed by atoms with E-state index in [1.165, 1.54) is 12.1 Å². The Balaban J connectivity index is 2.37. The smallest absolute Gasteiger partial charge is 0.335 e. The van der Waals surface area contributed by atoms with Crippen molar-refractivity contribution < 1.29 is 19.8 Å². The summed E-state index contributed by atoms with van der Waals surface area (Å²) in [7, 11) is 0. The first-order valence-corrected chi connectivity index (χ1v) is 7.00. The molecule has 2 rings (SSSR count). The van der Waals surface area contributed by atoms with Gasteiger partial charge >= 0.3 is 11.9 Å². The number of nitrogens with zero attached hydrogens (tertiary/aromatic N) is 2. The lowest BCUT2D eigenvalue weighted by atomic mass is 10.0. The van der Waals surface area contributed by atoms with E-state index >= 15 is 0 Å². The minimum absolute atomic E-state index is 0.144. The Labute approximate surface area is 133 Å². The molecule has 23 heavy (non-hydrogen) atoms. The number of azo groups is 1. The quantitative estimate of drug-likeness (QED) is 0.786. The van der Waals surface area contributed by atoms with Crippen molar-refractivity contribution in [2.75, 3.05) is 0 Å². The summed E-state index contributed by atoms with van der Waals surface area (Å²) in [5.41, 5.74) is 1.61. The van der Waals surface area contributed by atoms with E-state index in [0.29, 0.717) is 11.6 Å². The van der Waals surface area contributed by atoms with Gasteiger partial charge < -0.3 is 10.2 Å². The van der Waals surface area contributed by atoms with E-state index in [-0.39, 0.29) is 16.8 Å². The van der Waals surface area contributed by atoms with Crippen molar-refractivity contribution in [2.45, 2.75) is 19.8 Å². The Morgan fingerprint density at radius 3 is 1.96 bits per heavy atom. The molecule has 0 spiro atoms. The van der Waals surface area contributed by atoms with Crippen LogP contribution >= 0.6 is 0 Å². The molecule has 0 unspecified atom stereocenters. The van der Waals surface area contributed by atoms with Crippen LogP contribution < -0.4 is 0 Å². The lowest BCUT2D eigenvalue weighted by Gasteiger charge is -2.05. The monoisotopic (exact) mass is 312 g/mol. The minimum Gasteiger partial charge on any atom is -0.478 e. The second-order valence-electron chi connectivity index (χ2n) is 5.33. The molecule has 0 saturated carbocycles. The summed E-state index contributed by atoms with van der Waals surface area (Å²) in [4.78, 5) is 22.1. The number of hydrogen-bond donors (Lipinski definition) is 2. The topological polar surface area (TPSA) is 99.3 Å². The Kier molecular flexibility index (Phi) is 4.85. The molecule has 0 radical (unpaired) electrons. The van der Waals surface area contributed by atoms with Gasteiger partial charge in [-0.1, -0.05) is 26.0 Å². The Bertz CT molecular complexity index is 750. The van der Waals surface area contributed by atoms with Crippen molar-refractivity contribution in [3.63, 3.8) is 0 Å². The Morgan fingerprint density at radius 1 is 0.870 bits per heavy atom. The van der Waals surface area contributed by atoms with Crippen molar-refractivity contribution in [2.24, 2.45) is 10.2 Å². The van der Waals surface area contributed by atoms with Gasteiger partial charge in [0.05, 0.1) is 22.5 Å². The first kappa shape index (κ1) is 16.4. The highest BCUT2D eigenvalue weighted by molar-refractivity contribution is 5.95. The van der Waals surface area contributed by atoms with Crippen molar-refractivity contribution in [3.05, 3.63) is 59.2 Å². The van der Waals surface area contributed by atoms with Crippen LogP contribution in [0.3, 0.4) is 0 Å². The predicted molar refractivity (Wildman–Crippen MR) is 85.1 cm³/mol. The maximum absolute atomic E-state index is 11.1. The van der Waals surface area contributed by atoms with Gasteiger partial charge in [-0.15, -0.1) is 0 Å². The van der Waals surface area contributed by atoms with Crippen molar-refractivity contribution in [3.8, 4) is 0 Å². The molecular formula is C17H16N2O4. The van der Waals surface area contributed by atoms with Crippen LogP contribution in [0.25, 0.3) is 0 Å². The number of hydrogen-bond acceptors (Lipinski definition) is 4. The summed E-state index contributed by atoms with van der Waals surface area (Å²) in [6, 6.07) is 11.2. The van der Waals surface area contributed by atoms with Gasteiger partial charge in [-0.3, -0.25) is 0 Å². The first-order chi connectivity index (χ1) is 10.9. The molecule has 0 saturated heterocycles. The van der Waals surface area contributed by atoms with Crippen LogP contribution in [0, 0.1) is 0 Å². The predicted octanol–water partition coefficient (Wildman–Crippen LogP) is 4.62. The van der Waals surface area contributed by atoms with Crippen molar-refractivity contribution in [1.29, 1.82) is 0 Å². The zero-order valence-electron chi connectivity index (χ0n) is 12.7. The van der Waals surface area contributed by atoms with E-state index in [2.05, 4.69) is 24.1 Å². The fraction of sp³-hybridized carbons (Fsp3) is 0.176. The third-order valence-electron chi connectivity index (χ3n) is 3.23. The van der Waals surface area contributed by atoms with E-state index in [9.17, 15) is 9.59 Å². The van der Waals surface area contributed by atoms with Crippen LogP contribution in [-0.2, 0) is 0 Å².